The number of amides is 1. The van der Waals surface area contributed by atoms with Gasteiger partial charge in [0, 0.05) is 36.3 Å². The van der Waals surface area contributed by atoms with Crippen molar-refractivity contribution in [1.29, 1.82) is 0 Å². The number of aromatic amines is 1. The fourth-order valence-corrected chi connectivity index (χ4v) is 4.98. The summed E-state index contributed by atoms with van der Waals surface area (Å²) in [6.07, 6.45) is 7.43. The summed E-state index contributed by atoms with van der Waals surface area (Å²) < 4.78 is 1.92. The molecular weight excluding hydrogens is 364 g/mol. The van der Waals surface area contributed by atoms with Crippen LogP contribution in [-0.2, 0) is 4.79 Å². The maximum absolute atomic E-state index is 12.7. The standard InChI is InChI=1S/C23H34N4O2/c1-23(2,3)26-13-11-18(12-14-26)27-20-10-9-17(15-19(20)25-22(27)29)24-21(28)16-7-5-4-6-8-16/h9-10,15-16,18H,4-8,11-14H2,1-3H3,(H,24,28)(H,25,29). The molecule has 1 aliphatic heterocycles. The predicted molar refractivity (Wildman–Crippen MR) is 117 cm³/mol. The fourth-order valence-electron chi connectivity index (χ4n) is 4.98. The number of rotatable bonds is 3. The van der Waals surface area contributed by atoms with E-state index in [0.717, 1.165) is 68.3 Å². The van der Waals surface area contributed by atoms with Crippen molar-refractivity contribution in [3.05, 3.63) is 28.7 Å². The van der Waals surface area contributed by atoms with Gasteiger partial charge in [-0.05, 0) is 64.7 Å². The zero-order valence-corrected chi connectivity index (χ0v) is 18.0. The molecule has 0 spiro atoms. The van der Waals surface area contributed by atoms with E-state index in [1.165, 1.54) is 6.42 Å². The topological polar surface area (TPSA) is 70.1 Å². The Balaban J connectivity index is 1.50. The Bertz CT molecular complexity index is 922. The van der Waals surface area contributed by atoms with E-state index in [-0.39, 0.29) is 29.1 Å². The van der Waals surface area contributed by atoms with Crippen molar-refractivity contribution >= 4 is 22.6 Å². The number of hydrogen-bond acceptors (Lipinski definition) is 3. The molecule has 1 aromatic heterocycles. The van der Waals surface area contributed by atoms with Crippen LogP contribution in [0, 0.1) is 5.92 Å². The number of hydrogen-bond donors (Lipinski definition) is 2. The van der Waals surface area contributed by atoms with Crippen molar-refractivity contribution in [3.8, 4) is 0 Å². The van der Waals surface area contributed by atoms with Crippen LogP contribution in [0.3, 0.4) is 0 Å². The highest BCUT2D eigenvalue weighted by Crippen LogP contribution is 2.30. The Morgan fingerprint density at radius 3 is 2.41 bits per heavy atom. The number of nitrogens with zero attached hydrogens (tertiary/aromatic N) is 2. The molecule has 4 rings (SSSR count). The first kappa shape index (κ1) is 20.2. The molecule has 2 aromatic rings. The smallest absolute Gasteiger partial charge is 0.326 e. The normalized spacial score (nSPS) is 20.2. The second-order valence-electron chi connectivity index (χ2n) is 9.75. The molecule has 1 saturated carbocycles. The lowest BCUT2D eigenvalue weighted by molar-refractivity contribution is -0.120. The van der Waals surface area contributed by atoms with Crippen LogP contribution in [0.25, 0.3) is 11.0 Å². The zero-order chi connectivity index (χ0) is 20.6. The maximum atomic E-state index is 12.7. The number of aromatic nitrogens is 2. The zero-order valence-electron chi connectivity index (χ0n) is 18.0. The lowest BCUT2D eigenvalue weighted by Crippen LogP contribution is -2.47. The first-order valence-electron chi connectivity index (χ1n) is 11.1. The number of piperidine rings is 1. The van der Waals surface area contributed by atoms with E-state index in [4.69, 9.17) is 0 Å². The van der Waals surface area contributed by atoms with Gasteiger partial charge in [-0.25, -0.2) is 4.79 Å². The summed E-state index contributed by atoms with van der Waals surface area (Å²) in [4.78, 5) is 30.7. The highest BCUT2D eigenvalue weighted by molar-refractivity contribution is 5.94. The number of anilines is 1. The van der Waals surface area contributed by atoms with Gasteiger partial charge >= 0.3 is 5.69 Å². The number of imidazole rings is 1. The molecule has 2 fully saturated rings. The monoisotopic (exact) mass is 398 g/mol. The van der Waals surface area contributed by atoms with E-state index in [2.05, 4.69) is 36.0 Å². The highest BCUT2D eigenvalue weighted by Gasteiger charge is 2.29. The summed E-state index contributed by atoms with van der Waals surface area (Å²) in [5.74, 6) is 0.233. The minimum Gasteiger partial charge on any atom is -0.326 e. The highest BCUT2D eigenvalue weighted by atomic mass is 16.2. The fraction of sp³-hybridized carbons (Fsp3) is 0.652. The van der Waals surface area contributed by atoms with E-state index in [0.29, 0.717) is 0 Å². The molecule has 0 radical (unpaired) electrons. The lowest BCUT2D eigenvalue weighted by Gasteiger charge is -2.41. The molecule has 6 nitrogen and oxygen atoms in total. The van der Waals surface area contributed by atoms with Crippen molar-refractivity contribution in [3.63, 3.8) is 0 Å². The second kappa shape index (κ2) is 7.98. The van der Waals surface area contributed by atoms with Gasteiger partial charge in [0.2, 0.25) is 5.91 Å². The van der Waals surface area contributed by atoms with Gasteiger partial charge in [0.15, 0.2) is 0 Å². The molecule has 2 aliphatic rings. The third-order valence-electron chi connectivity index (χ3n) is 6.74. The molecular formula is C23H34N4O2. The Labute approximate surface area is 172 Å². The Kier molecular flexibility index (Phi) is 5.56. The van der Waals surface area contributed by atoms with Gasteiger partial charge in [0.05, 0.1) is 11.0 Å². The largest absolute Gasteiger partial charge is 0.326 e. The maximum Gasteiger partial charge on any atom is 0.326 e. The minimum atomic E-state index is -0.0510. The molecule has 29 heavy (non-hydrogen) atoms. The quantitative estimate of drug-likeness (QED) is 0.810. The van der Waals surface area contributed by atoms with Gasteiger partial charge in [-0.15, -0.1) is 0 Å². The molecule has 6 heteroatoms. The molecule has 1 saturated heterocycles. The summed E-state index contributed by atoms with van der Waals surface area (Å²) in [5.41, 5.74) is 2.62. The SMILES string of the molecule is CC(C)(C)N1CCC(n2c(=O)[nH]c3cc(NC(=O)C4CCCCC4)ccc32)CC1. The van der Waals surface area contributed by atoms with Crippen molar-refractivity contribution in [2.24, 2.45) is 5.92 Å². The summed E-state index contributed by atoms with van der Waals surface area (Å²) in [7, 11) is 0. The van der Waals surface area contributed by atoms with Crippen LogP contribution in [0.4, 0.5) is 5.69 Å². The van der Waals surface area contributed by atoms with Gasteiger partial charge in [-0.3, -0.25) is 14.3 Å². The number of likely N-dealkylation sites (tertiary alicyclic amines) is 1. The number of carbonyl (C=O) groups is 1. The van der Waals surface area contributed by atoms with E-state index in [9.17, 15) is 9.59 Å². The minimum absolute atomic E-state index is 0.0510. The van der Waals surface area contributed by atoms with Crippen molar-refractivity contribution in [2.45, 2.75) is 77.3 Å². The van der Waals surface area contributed by atoms with E-state index in [1.54, 1.807) is 0 Å². The predicted octanol–water partition coefficient (Wildman–Crippen LogP) is 4.28. The second-order valence-corrected chi connectivity index (χ2v) is 9.75. The molecule has 1 aromatic carbocycles. The molecule has 1 amide bonds. The van der Waals surface area contributed by atoms with Crippen LogP contribution in [-0.4, -0.2) is 39.0 Å². The van der Waals surface area contributed by atoms with E-state index >= 15 is 0 Å². The van der Waals surface area contributed by atoms with Gasteiger partial charge in [0.25, 0.3) is 0 Å². The number of carbonyl (C=O) groups excluding carboxylic acids is 1. The average molecular weight is 399 g/mol. The van der Waals surface area contributed by atoms with Crippen molar-refractivity contribution in [2.75, 3.05) is 18.4 Å². The Morgan fingerprint density at radius 2 is 1.76 bits per heavy atom. The number of benzene rings is 1. The Morgan fingerprint density at radius 1 is 1.07 bits per heavy atom. The summed E-state index contributed by atoms with van der Waals surface area (Å²) in [5, 5.41) is 3.06. The van der Waals surface area contributed by atoms with Gasteiger partial charge in [0.1, 0.15) is 0 Å². The molecule has 0 bridgehead atoms. The Hall–Kier alpha value is -2.08. The number of nitrogens with one attached hydrogen (secondary N) is 2. The average Bonchev–Trinajstić information content (AvgIpc) is 3.03. The van der Waals surface area contributed by atoms with Crippen LogP contribution < -0.4 is 11.0 Å². The molecule has 2 N–H and O–H groups in total. The van der Waals surface area contributed by atoms with Crippen molar-refractivity contribution in [1.82, 2.24) is 14.5 Å². The van der Waals surface area contributed by atoms with Gasteiger partial charge in [-0.2, -0.15) is 0 Å². The van der Waals surface area contributed by atoms with Crippen LogP contribution >= 0.6 is 0 Å². The first-order chi connectivity index (χ1) is 13.8. The third-order valence-corrected chi connectivity index (χ3v) is 6.74. The summed E-state index contributed by atoms with van der Waals surface area (Å²) >= 11 is 0. The summed E-state index contributed by atoms with van der Waals surface area (Å²) in [6.45, 7) is 8.74. The van der Waals surface area contributed by atoms with E-state index in [1.807, 2.05) is 22.8 Å². The van der Waals surface area contributed by atoms with Crippen LogP contribution in [0.15, 0.2) is 23.0 Å². The molecule has 1 aliphatic carbocycles. The third kappa shape index (κ3) is 4.27. The van der Waals surface area contributed by atoms with Gasteiger partial charge in [-0.1, -0.05) is 19.3 Å². The van der Waals surface area contributed by atoms with Crippen LogP contribution in [0.5, 0.6) is 0 Å². The number of H-pyrrole nitrogens is 1. The van der Waals surface area contributed by atoms with Crippen LogP contribution in [0.2, 0.25) is 0 Å². The molecule has 158 valence electrons. The summed E-state index contributed by atoms with van der Waals surface area (Å²) in [6, 6.07) is 6.02. The first-order valence-corrected chi connectivity index (χ1v) is 11.1. The molecule has 2 heterocycles. The van der Waals surface area contributed by atoms with Crippen LogP contribution in [0.1, 0.15) is 71.8 Å². The van der Waals surface area contributed by atoms with Crippen molar-refractivity contribution < 1.29 is 4.79 Å². The lowest BCUT2D eigenvalue weighted by atomic mass is 9.88. The molecule has 0 unspecified atom stereocenters. The number of fused-ring (bicyclic) bond motifs is 1. The molecule has 0 atom stereocenters. The van der Waals surface area contributed by atoms with Gasteiger partial charge < -0.3 is 10.3 Å². The van der Waals surface area contributed by atoms with E-state index < -0.39 is 0 Å².